The number of alkyl halides is 3. The van der Waals surface area contributed by atoms with Gasteiger partial charge in [0.1, 0.15) is 0 Å². The van der Waals surface area contributed by atoms with Crippen LogP contribution in [0.4, 0.5) is 13.2 Å². The van der Waals surface area contributed by atoms with Crippen molar-refractivity contribution in [2.24, 2.45) is 11.7 Å². The summed E-state index contributed by atoms with van der Waals surface area (Å²) >= 11 is 0. The lowest BCUT2D eigenvalue weighted by Gasteiger charge is -2.18. The van der Waals surface area contributed by atoms with Crippen LogP contribution in [0.25, 0.3) is 0 Å². The number of hydrogen-bond donors (Lipinski definition) is 1. The van der Waals surface area contributed by atoms with Crippen molar-refractivity contribution in [2.75, 3.05) is 11.5 Å². The predicted octanol–water partition coefficient (Wildman–Crippen LogP) is 2.14. The minimum atomic E-state index is -4.38. The molecule has 1 saturated heterocycles. The summed E-state index contributed by atoms with van der Waals surface area (Å²) in [6.45, 7) is 0. The van der Waals surface area contributed by atoms with E-state index in [-0.39, 0.29) is 17.4 Å². The first kappa shape index (κ1) is 14.3. The van der Waals surface area contributed by atoms with E-state index in [1.807, 2.05) is 0 Å². The fourth-order valence-corrected chi connectivity index (χ4v) is 4.13. The van der Waals surface area contributed by atoms with Crippen molar-refractivity contribution in [2.45, 2.75) is 18.6 Å². The van der Waals surface area contributed by atoms with E-state index in [2.05, 4.69) is 0 Å². The zero-order valence-electron chi connectivity index (χ0n) is 10.0. The Kier molecular flexibility index (Phi) is 3.61. The van der Waals surface area contributed by atoms with Crippen LogP contribution in [0.2, 0.25) is 0 Å². The van der Waals surface area contributed by atoms with Gasteiger partial charge in [-0.2, -0.15) is 13.2 Å². The molecule has 1 aliphatic rings. The van der Waals surface area contributed by atoms with Crippen molar-refractivity contribution in [1.29, 1.82) is 0 Å². The molecule has 0 aliphatic carbocycles. The van der Waals surface area contributed by atoms with E-state index < -0.39 is 27.6 Å². The van der Waals surface area contributed by atoms with Crippen LogP contribution in [0.1, 0.15) is 23.6 Å². The fourth-order valence-electron chi connectivity index (χ4n) is 2.27. The number of halogens is 3. The molecule has 2 unspecified atom stereocenters. The average Bonchev–Trinajstić information content (AvgIpc) is 2.68. The Hall–Kier alpha value is -1.08. The maximum atomic E-state index is 12.4. The topological polar surface area (TPSA) is 60.2 Å². The molecule has 1 heterocycles. The second-order valence-corrected chi connectivity index (χ2v) is 7.04. The maximum absolute atomic E-state index is 12.4. The average molecular weight is 293 g/mol. The summed E-state index contributed by atoms with van der Waals surface area (Å²) < 4.78 is 60.0. The minimum absolute atomic E-state index is 0.00912. The quantitative estimate of drug-likeness (QED) is 0.908. The van der Waals surface area contributed by atoms with Crippen LogP contribution in [0.3, 0.4) is 0 Å². The first-order chi connectivity index (χ1) is 8.69. The molecule has 1 aromatic rings. The molecule has 1 aliphatic heterocycles. The van der Waals surface area contributed by atoms with E-state index in [9.17, 15) is 21.6 Å². The van der Waals surface area contributed by atoms with E-state index in [1.165, 1.54) is 12.1 Å². The molecule has 1 aromatic carbocycles. The summed E-state index contributed by atoms with van der Waals surface area (Å²) in [7, 11) is -3.04. The summed E-state index contributed by atoms with van der Waals surface area (Å²) in [6, 6.07) is 4.04. The molecular formula is C12H14F3NO2S. The number of sulfone groups is 1. The van der Waals surface area contributed by atoms with Gasteiger partial charge >= 0.3 is 6.18 Å². The number of benzene rings is 1. The molecule has 0 spiro atoms. The second kappa shape index (κ2) is 4.79. The SMILES string of the molecule is NC(c1ccc(C(F)(F)F)cc1)C1CCS(=O)(=O)C1. The summed E-state index contributed by atoms with van der Waals surface area (Å²) in [5.41, 5.74) is 5.74. The maximum Gasteiger partial charge on any atom is 0.416 e. The summed E-state index contributed by atoms with van der Waals surface area (Å²) in [4.78, 5) is 0. The van der Waals surface area contributed by atoms with Crippen LogP contribution >= 0.6 is 0 Å². The van der Waals surface area contributed by atoms with Crippen LogP contribution in [0, 0.1) is 5.92 Å². The van der Waals surface area contributed by atoms with Gasteiger partial charge in [0.15, 0.2) is 9.84 Å². The van der Waals surface area contributed by atoms with Gasteiger partial charge in [0.25, 0.3) is 0 Å². The van der Waals surface area contributed by atoms with Crippen molar-refractivity contribution in [1.82, 2.24) is 0 Å². The largest absolute Gasteiger partial charge is 0.416 e. The Balaban J connectivity index is 2.15. The van der Waals surface area contributed by atoms with Gasteiger partial charge in [-0.1, -0.05) is 12.1 Å². The molecule has 0 radical (unpaired) electrons. The normalized spacial score (nSPS) is 24.3. The molecule has 2 atom stereocenters. The standard InChI is InChI=1S/C12H14F3NO2S/c13-12(14,15)10-3-1-8(2-4-10)11(16)9-5-6-19(17,18)7-9/h1-4,9,11H,5-7,16H2. The highest BCUT2D eigenvalue weighted by molar-refractivity contribution is 7.91. The fraction of sp³-hybridized carbons (Fsp3) is 0.500. The van der Waals surface area contributed by atoms with Crippen LogP contribution < -0.4 is 5.73 Å². The van der Waals surface area contributed by atoms with Gasteiger partial charge < -0.3 is 5.73 Å². The van der Waals surface area contributed by atoms with Crippen LogP contribution in [0.5, 0.6) is 0 Å². The molecule has 1 fully saturated rings. The molecule has 2 rings (SSSR count). The summed E-state index contributed by atoms with van der Waals surface area (Å²) in [5, 5.41) is 0. The molecule has 0 saturated carbocycles. The number of rotatable bonds is 2. The molecule has 2 N–H and O–H groups in total. The molecule has 0 amide bonds. The highest BCUT2D eigenvalue weighted by Crippen LogP contribution is 2.33. The predicted molar refractivity (Wildman–Crippen MR) is 65.1 cm³/mol. The Morgan fingerprint density at radius 3 is 2.21 bits per heavy atom. The molecule has 106 valence electrons. The van der Waals surface area contributed by atoms with Crippen LogP contribution in [-0.2, 0) is 16.0 Å². The first-order valence-corrected chi connectivity index (χ1v) is 7.64. The Morgan fingerprint density at radius 1 is 1.21 bits per heavy atom. The van der Waals surface area contributed by atoms with Crippen molar-refractivity contribution in [3.05, 3.63) is 35.4 Å². The van der Waals surface area contributed by atoms with Gasteiger partial charge in [0, 0.05) is 6.04 Å². The van der Waals surface area contributed by atoms with Crippen LogP contribution in [0.15, 0.2) is 24.3 Å². The summed E-state index contributed by atoms with van der Waals surface area (Å²) in [6.07, 6.45) is -3.91. The van der Waals surface area contributed by atoms with Crippen molar-refractivity contribution in [3.63, 3.8) is 0 Å². The highest BCUT2D eigenvalue weighted by Gasteiger charge is 2.34. The van der Waals surface area contributed by atoms with Crippen molar-refractivity contribution in [3.8, 4) is 0 Å². The molecular weight excluding hydrogens is 279 g/mol. The van der Waals surface area contributed by atoms with Crippen molar-refractivity contribution >= 4 is 9.84 Å². The van der Waals surface area contributed by atoms with E-state index in [0.717, 1.165) is 12.1 Å². The third-order valence-electron chi connectivity index (χ3n) is 3.40. The van der Waals surface area contributed by atoms with Gasteiger partial charge in [-0.05, 0) is 30.0 Å². The van der Waals surface area contributed by atoms with Crippen LogP contribution in [-0.4, -0.2) is 19.9 Å². The Morgan fingerprint density at radius 2 is 1.79 bits per heavy atom. The molecule has 19 heavy (non-hydrogen) atoms. The second-order valence-electron chi connectivity index (χ2n) is 4.81. The lowest BCUT2D eigenvalue weighted by Crippen LogP contribution is -2.22. The molecule has 0 aromatic heterocycles. The monoisotopic (exact) mass is 293 g/mol. The summed E-state index contributed by atoms with van der Waals surface area (Å²) in [5.74, 6) is -0.108. The third kappa shape index (κ3) is 3.27. The zero-order valence-corrected chi connectivity index (χ0v) is 10.8. The third-order valence-corrected chi connectivity index (χ3v) is 5.19. The van der Waals surface area contributed by atoms with E-state index >= 15 is 0 Å². The highest BCUT2D eigenvalue weighted by atomic mass is 32.2. The van der Waals surface area contributed by atoms with Crippen molar-refractivity contribution < 1.29 is 21.6 Å². The molecule has 7 heteroatoms. The minimum Gasteiger partial charge on any atom is -0.324 e. The van der Waals surface area contributed by atoms with Gasteiger partial charge in [-0.25, -0.2) is 8.42 Å². The molecule has 3 nitrogen and oxygen atoms in total. The first-order valence-electron chi connectivity index (χ1n) is 5.82. The molecule has 0 bridgehead atoms. The smallest absolute Gasteiger partial charge is 0.324 e. The lowest BCUT2D eigenvalue weighted by atomic mass is 9.93. The lowest BCUT2D eigenvalue weighted by molar-refractivity contribution is -0.137. The number of hydrogen-bond acceptors (Lipinski definition) is 3. The van der Waals surface area contributed by atoms with E-state index in [4.69, 9.17) is 5.73 Å². The van der Waals surface area contributed by atoms with Gasteiger partial charge in [0.05, 0.1) is 17.1 Å². The Labute approximate surface area is 109 Å². The van der Waals surface area contributed by atoms with E-state index in [1.54, 1.807) is 0 Å². The van der Waals surface area contributed by atoms with Gasteiger partial charge in [0.2, 0.25) is 0 Å². The van der Waals surface area contributed by atoms with Gasteiger partial charge in [-0.15, -0.1) is 0 Å². The van der Waals surface area contributed by atoms with E-state index in [0.29, 0.717) is 12.0 Å². The zero-order chi connectivity index (χ0) is 14.3. The van der Waals surface area contributed by atoms with Gasteiger partial charge in [-0.3, -0.25) is 0 Å². The number of nitrogens with two attached hydrogens (primary N) is 1. The Bertz CT molecular complexity index is 551.